The molecular weight excluding hydrogens is 749 g/mol. The Hall–Kier alpha value is -7.42. The van der Waals surface area contributed by atoms with E-state index in [9.17, 15) is 0 Å². The molecule has 0 radical (unpaired) electrons. The molecule has 0 fully saturated rings. The quantitative estimate of drug-likeness (QED) is 0.171. The van der Waals surface area contributed by atoms with Crippen LogP contribution in [0.2, 0.25) is 0 Å². The summed E-state index contributed by atoms with van der Waals surface area (Å²) in [5, 5.41) is 7.35. The van der Waals surface area contributed by atoms with Crippen molar-refractivity contribution in [1.29, 1.82) is 0 Å². The zero-order chi connectivity index (χ0) is 41.7. The molecule has 62 heavy (non-hydrogen) atoms. The van der Waals surface area contributed by atoms with Crippen molar-refractivity contribution in [2.75, 3.05) is 9.80 Å². The minimum atomic E-state index is -0.377. The van der Waals surface area contributed by atoms with E-state index in [1.54, 1.807) is 0 Å². The monoisotopic (exact) mass is 794 g/mol. The van der Waals surface area contributed by atoms with E-state index < -0.39 is 0 Å². The van der Waals surface area contributed by atoms with Gasteiger partial charge in [-0.1, -0.05) is 198 Å². The maximum atomic E-state index is 2.59. The molecule has 10 aromatic rings. The lowest BCUT2D eigenvalue weighted by Crippen LogP contribution is -2.33. The average Bonchev–Trinajstić information content (AvgIpc) is 3.54. The summed E-state index contributed by atoms with van der Waals surface area (Å²) in [4.78, 5) is 5.14. The number of fused-ring (bicyclic) bond motifs is 8. The summed E-state index contributed by atoms with van der Waals surface area (Å²) in [6.45, 7) is 9.60. The largest absolute Gasteiger partial charge is 0.309 e. The Kier molecular flexibility index (Phi) is 7.96. The second kappa shape index (κ2) is 13.5. The van der Waals surface area contributed by atoms with Crippen LogP contribution in [0.1, 0.15) is 49.9 Å². The second-order valence-corrected chi connectivity index (χ2v) is 18.1. The molecule has 1 aliphatic heterocycles. The second-order valence-electron chi connectivity index (χ2n) is 18.1. The van der Waals surface area contributed by atoms with E-state index in [4.69, 9.17) is 0 Å². The van der Waals surface area contributed by atoms with Crippen molar-refractivity contribution in [3.8, 4) is 22.3 Å². The van der Waals surface area contributed by atoms with Gasteiger partial charge >= 0.3 is 0 Å². The lowest BCUT2D eigenvalue weighted by atomic mass is 9.72. The highest BCUT2D eigenvalue weighted by atomic mass is 15.2. The molecule has 0 aromatic heterocycles. The molecule has 0 spiro atoms. The average molecular weight is 795 g/mol. The number of nitrogens with zero attached hydrogens (tertiary/aromatic N) is 2. The highest BCUT2D eigenvalue weighted by molar-refractivity contribution is 6.12. The Morgan fingerprint density at radius 3 is 1.69 bits per heavy atom. The maximum Gasteiger partial charge on any atom is 0.0618 e. The number of para-hydroxylation sites is 1. The van der Waals surface area contributed by atoms with Crippen LogP contribution in [0.25, 0.3) is 54.6 Å². The van der Waals surface area contributed by atoms with Crippen LogP contribution in [0.15, 0.2) is 206 Å². The zero-order valence-corrected chi connectivity index (χ0v) is 35.5. The van der Waals surface area contributed by atoms with Gasteiger partial charge in [-0.2, -0.15) is 0 Å². The summed E-state index contributed by atoms with van der Waals surface area (Å²) in [5.74, 6) is 0. The highest BCUT2D eigenvalue weighted by Gasteiger charge is 2.42. The molecule has 1 aliphatic carbocycles. The van der Waals surface area contributed by atoms with Crippen molar-refractivity contribution in [3.63, 3.8) is 0 Å². The molecule has 0 atom stereocenters. The van der Waals surface area contributed by atoms with Gasteiger partial charge in [-0.05, 0) is 91.3 Å². The van der Waals surface area contributed by atoms with Crippen molar-refractivity contribution < 1.29 is 0 Å². The molecule has 12 rings (SSSR count). The standard InChI is InChI=1S/C60H46N2/c1-59(2)50-28-12-11-26-47(50)48-37-35-42(38-52(48)59)61(53-31-16-22-40-19-6-9-24-44(40)53)55-32-17-33-56-57(55)60(3,4)51-29-13-14-30-54(51)62(56)58-45-25-10-7-20-41(45)34-36-49(58)46-27-15-21-39-18-5-8-23-43(39)46/h5-38H,1-4H3. The number of benzene rings is 10. The molecule has 1 heterocycles. The van der Waals surface area contributed by atoms with Gasteiger partial charge in [-0.15, -0.1) is 0 Å². The first-order valence-electron chi connectivity index (χ1n) is 21.9. The Morgan fingerprint density at radius 2 is 0.887 bits per heavy atom. The topological polar surface area (TPSA) is 6.48 Å². The number of hydrogen-bond donors (Lipinski definition) is 0. The van der Waals surface area contributed by atoms with Gasteiger partial charge in [-0.3, -0.25) is 0 Å². The van der Waals surface area contributed by atoms with Crippen LogP contribution in [-0.2, 0) is 10.8 Å². The predicted octanol–water partition coefficient (Wildman–Crippen LogP) is 16.7. The van der Waals surface area contributed by atoms with Gasteiger partial charge in [0.15, 0.2) is 0 Å². The van der Waals surface area contributed by atoms with E-state index in [1.807, 2.05) is 0 Å². The predicted molar refractivity (Wildman–Crippen MR) is 263 cm³/mol. The third-order valence-electron chi connectivity index (χ3n) is 14.0. The Labute approximate surface area is 364 Å². The minimum absolute atomic E-state index is 0.149. The van der Waals surface area contributed by atoms with E-state index in [-0.39, 0.29) is 10.8 Å². The van der Waals surface area contributed by atoms with Crippen LogP contribution >= 0.6 is 0 Å². The Morgan fingerprint density at radius 1 is 0.355 bits per heavy atom. The summed E-state index contributed by atoms with van der Waals surface area (Å²) < 4.78 is 0. The summed E-state index contributed by atoms with van der Waals surface area (Å²) in [6.07, 6.45) is 0. The third-order valence-corrected chi connectivity index (χ3v) is 14.0. The lowest BCUT2D eigenvalue weighted by Gasteiger charge is -2.45. The van der Waals surface area contributed by atoms with Crippen molar-refractivity contribution in [1.82, 2.24) is 0 Å². The summed E-state index contributed by atoms with van der Waals surface area (Å²) >= 11 is 0. The molecule has 2 aliphatic rings. The molecule has 296 valence electrons. The van der Waals surface area contributed by atoms with Crippen LogP contribution in [0, 0.1) is 0 Å². The fourth-order valence-electron chi connectivity index (χ4n) is 11.1. The molecule has 10 aromatic carbocycles. The molecule has 0 unspecified atom stereocenters. The normalized spacial score (nSPS) is 14.4. The summed E-state index contributed by atoms with van der Waals surface area (Å²) in [7, 11) is 0. The maximum absolute atomic E-state index is 2.59. The van der Waals surface area contributed by atoms with E-state index in [2.05, 4.69) is 244 Å². The van der Waals surface area contributed by atoms with E-state index in [1.165, 1.54) is 99.6 Å². The van der Waals surface area contributed by atoms with Crippen LogP contribution in [-0.4, -0.2) is 0 Å². The summed E-state index contributed by atoms with van der Waals surface area (Å²) in [6, 6.07) is 76.8. The minimum Gasteiger partial charge on any atom is -0.309 e. The van der Waals surface area contributed by atoms with Gasteiger partial charge in [0.2, 0.25) is 0 Å². The molecule has 0 bridgehead atoms. The number of anilines is 6. The first-order chi connectivity index (χ1) is 30.3. The van der Waals surface area contributed by atoms with E-state index in [0.29, 0.717) is 0 Å². The number of hydrogen-bond acceptors (Lipinski definition) is 2. The third kappa shape index (κ3) is 5.23. The van der Waals surface area contributed by atoms with Crippen LogP contribution < -0.4 is 9.80 Å². The van der Waals surface area contributed by atoms with Crippen LogP contribution in [0.5, 0.6) is 0 Å². The Balaban J connectivity index is 1.18. The van der Waals surface area contributed by atoms with Gasteiger partial charge in [0.25, 0.3) is 0 Å². The van der Waals surface area contributed by atoms with Crippen molar-refractivity contribution in [3.05, 3.63) is 229 Å². The molecule has 0 amide bonds. The Bertz CT molecular complexity index is 3430. The van der Waals surface area contributed by atoms with Crippen LogP contribution in [0.4, 0.5) is 34.1 Å². The van der Waals surface area contributed by atoms with Gasteiger partial charge in [-0.25, -0.2) is 0 Å². The lowest BCUT2D eigenvalue weighted by molar-refractivity contribution is 0.632. The molecular formula is C60H46N2. The highest BCUT2D eigenvalue weighted by Crippen LogP contribution is 2.59. The fraction of sp³-hybridized carbons (Fsp3) is 0.100. The number of rotatable bonds is 5. The molecule has 0 N–H and O–H groups in total. The van der Waals surface area contributed by atoms with Crippen molar-refractivity contribution in [2.45, 2.75) is 38.5 Å². The smallest absolute Gasteiger partial charge is 0.0618 e. The van der Waals surface area contributed by atoms with Crippen molar-refractivity contribution >= 4 is 66.4 Å². The first-order valence-corrected chi connectivity index (χ1v) is 21.9. The fourth-order valence-corrected chi connectivity index (χ4v) is 11.1. The van der Waals surface area contributed by atoms with Gasteiger partial charge in [0, 0.05) is 38.4 Å². The summed E-state index contributed by atoms with van der Waals surface area (Å²) in [5.41, 5.74) is 16.9. The first kappa shape index (κ1) is 36.4. The van der Waals surface area contributed by atoms with Gasteiger partial charge in [0.05, 0.1) is 28.4 Å². The molecule has 2 nitrogen and oxygen atoms in total. The van der Waals surface area contributed by atoms with Gasteiger partial charge in [0.1, 0.15) is 0 Å². The van der Waals surface area contributed by atoms with E-state index >= 15 is 0 Å². The van der Waals surface area contributed by atoms with Crippen LogP contribution in [0.3, 0.4) is 0 Å². The molecule has 2 heteroatoms. The zero-order valence-electron chi connectivity index (χ0n) is 35.5. The van der Waals surface area contributed by atoms with Gasteiger partial charge < -0.3 is 9.80 Å². The van der Waals surface area contributed by atoms with Crippen molar-refractivity contribution in [2.24, 2.45) is 0 Å². The SMILES string of the molecule is CC1(C)c2ccccc2-c2ccc(N(c3cccc4c3C(C)(C)c3ccccc3N4c3c(-c4cccc5ccccc45)ccc4ccccc34)c3cccc4ccccc34)cc21. The molecule has 0 saturated heterocycles. The van der Waals surface area contributed by atoms with E-state index in [0.717, 1.165) is 11.4 Å². The molecule has 0 saturated carbocycles.